The molecule has 0 aromatic carbocycles. The molecule has 2 aliphatic carbocycles. The summed E-state index contributed by atoms with van der Waals surface area (Å²) in [5, 5.41) is 3.65. The van der Waals surface area contributed by atoms with Crippen LogP contribution in [0.3, 0.4) is 0 Å². The van der Waals surface area contributed by atoms with Crippen LogP contribution < -0.4 is 16.0 Å². The van der Waals surface area contributed by atoms with Crippen LogP contribution in [0.5, 0.6) is 0 Å². The molecule has 0 radical (unpaired) electrons. The number of hydrogen-bond acceptors (Lipinski definition) is 8. The number of urea groups is 1. The second kappa shape index (κ2) is 11.5. The lowest BCUT2D eigenvalue weighted by Gasteiger charge is -2.49. The van der Waals surface area contributed by atoms with Crippen molar-refractivity contribution in [2.24, 2.45) is 17.1 Å². The number of halogens is 3. The molecule has 2 aromatic heterocycles. The highest BCUT2D eigenvalue weighted by atomic mass is 32.1. The third kappa shape index (κ3) is 6.77. The Labute approximate surface area is 263 Å². The van der Waals surface area contributed by atoms with Gasteiger partial charge >= 0.3 is 18.3 Å². The molecule has 4 aliphatic rings. The van der Waals surface area contributed by atoms with Crippen LogP contribution in [-0.4, -0.2) is 93.9 Å². The van der Waals surface area contributed by atoms with Gasteiger partial charge in [-0.25, -0.2) is 19.6 Å². The first-order valence-electron chi connectivity index (χ1n) is 15.5. The quantitative estimate of drug-likeness (QED) is 0.452. The maximum absolute atomic E-state index is 13.6. The number of rotatable bonds is 7. The first-order chi connectivity index (χ1) is 21.1. The van der Waals surface area contributed by atoms with Gasteiger partial charge in [0.15, 0.2) is 0 Å². The zero-order valence-electron chi connectivity index (χ0n) is 25.7. The summed E-state index contributed by atoms with van der Waals surface area (Å²) in [6.07, 6.45) is 0.530. The predicted octanol–water partition coefficient (Wildman–Crippen LogP) is 4.44. The molecule has 3 N–H and O–H groups in total. The zero-order chi connectivity index (χ0) is 32.3. The van der Waals surface area contributed by atoms with Crippen LogP contribution in [0.1, 0.15) is 64.2 Å². The van der Waals surface area contributed by atoms with Gasteiger partial charge in [-0.15, -0.1) is 11.3 Å². The first-order valence-corrected chi connectivity index (χ1v) is 16.3. The number of nitrogens with two attached hydrogens (primary N) is 1. The van der Waals surface area contributed by atoms with E-state index in [-0.39, 0.29) is 53.0 Å². The van der Waals surface area contributed by atoms with Crippen molar-refractivity contribution >= 4 is 45.4 Å². The Kier molecular flexibility index (Phi) is 8.05. The third-order valence-electron chi connectivity index (χ3n) is 9.51. The van der Waals surface area contributed by atoms with Gasteiger partial charge < -0.3 is 30.5 Å². The van der Waals surface area contributed by atoms with E-state index in [2.05, 4.69) is 20.2 Å². The zero-order valence-corrected chi connectivity index (χ0v) is 26.5. The molecule has 4 unspecified atom stereocenters. The van der Waals surface area contributed by atoms with Gasteiger partial charge in [0.1, 0.15) is 29.1 Å². The molecule has 0 bridgehead atoms. The summed E-state index contributed by atoms with van der Waals surface area (Å²) < 4.78 is 44.9. The normalized spacial score (nSPS) is 26.1. The summed E-state index contributed by atoms with van der Waals surface area (Å²) >= 11 is 1.05. The van der Waals surface area contributed by atoms with Crippen LogP contribution in [-0.2, 0) is 16.0 Å². The number of carbonyl (C=O) groups excluding carboxylic acids is 3. The molecule has 15 heteroatoms. The molecule has 246 valence electrons. The lowest BCUT2D eigenvalue weighted by atomic mass is 9.77. The molecule has 2 saturated carbocycles. The van der Waals surface area contributed by atoms with Gasteiger partial charge in [-0.3, -0.25) is 4.79 Å². The van der Waals surface area contributed by atoms with Crippen molar-refractivity contribution in [2.45, 2.75) is 95.6 Å². The van der Waals surface area contributed by atoms with E-state index in [9.17, 15) is 27.6 Å². The molecular weight excluding hydrogens is 611 g/mol. The van der Waals surface area contributed by atoms with Crippen molar-refractivity contribution in [3.05, 3.63) is 17.3 Å². The number of ether oxygens (including phenoxy) is 1. The fraction of sp³-hybridized carbons (Fsp3) is 0.700. The maximum atomic E-state index is 13.6. The molecule has 2 saturated heterocycles. The molecular formula is C30H40F3N7O4S. The van der Waals surface area contributed by atoms with E-state index in [1.807, 2.05) is 25.7 Å². The van der Waals surface area contributed by atoms with Crippen molar-refractivity contribution in [3.8, 4) is 0 Å². The molecule has 6 rings (SSSR count). The monoisotopic (exact) mass is 651 g/mol. The molecule has 45 heavy (non-hydrogen) atoms. The minimum Gasteiger partial charge on any atom is -0.444 e. The SMILES string of the molecule is CC(C)(C)OC(=O)N(CC1CCC2C(C1)NC(=O)N2CC(N)=O)C1CCC2(C1)CN(c1ncnc3sc(CC(F)(F)F)cc13)C2. The van der Waals surface area contributed by atoms with E-state index in [1.165, 1.54) is 11.2 Å². The van der Waals surface area contributed by atoms with Crippen molar-refractivity contribution in [2.75, 3.05) is 31.1 Å². The number of alkyl halides is 3. The van der Waals surface area contributed by atoms with E-state index < -0.39 is 24.1 Å². The van der Waals surface area contributed by atoms with E-state index in [1.54, 1.807) is 6.07 Å². The fourth-order valence-electron chi connectivity index (χ4n) is 7.73. The van der Waals surface area contributed by atoms with Crippen LogP contribution >= 0.6 is 11.3 Å². The van der Waals surface area contributed by atoms with Crippen LogP contribution in [0.2, 0.25) is 0 Å². The van der Waals surface area contributed by atoms with Gasteiger partial charge in [0.2, 0.25) is 5.91 Å². The van der Waals surface area contributed by atoms with Crippen molar-refractivity contribution in [3.63, 3.8) is 0 Å². The van der Waals surface area contributed by atoms with Crippen LogP contribution in [0.25, 0.3) is 10.2 Å². The van der Waals surface area contributed by atoms with Gasteiger partial charge in [0.25, 0.3) is 0 Å². The molecule has 4 fully saturated rings. The predicted molar refractivity (Wildman–Crippen MR) is 162 cm³/mol. The van der Waals surface area contributed by atoms with E-state index in [0.717, 1.165) is 37.0 Å². The Morgan fingerprint density at radius 2 is 1.96 bits per heavy atom. The van der Waals surface area contributed by atoms with Gasteiger partial charge in [-0.1, -0.05) is 0 Å². The number of carbonyl (C=O) groups is 3. The van der Waals surface area contributed by atoms with Gasteiger partial charge in [-0.05, 0) is 71.3 Å². The summed E-state index contributed by atoms with van der Waals surface area (Å²) in [6.45, 7) is 7.37. The largest absolute Gasteiger partial charge is 0.444 e. The standard InChI is InChI=1S/C30H40F3N7O4S/c1-28(2,3)44-27(43)39(12-17-4-5-22-21(8-17)37-26(42)40(22)13-23(34)41)18-6-7-29(10-18)14-38(15-29)24-20-9-19(11-30(31,32)33)45-25(20)36-16-35-24/h9,16-18,21-22H,4-8,10-15H2,1-3H3,(H2,34,41)(H,37,42). The van der Waals surface area contributed by atoms with E-state index in [0.29, 0.717) is 48.5 Å². The number of thiophene rings is 1. The second-order valence-electron chi connectivity index (χ2n) is 14.2. The Hall–Kier alpha value is -3.36. The Morgan fingerprint density at radius 3 is 2.64 bits per heavy atom. The maximum Gasteiger partial charge on any atom is 0.410 e. The summed E-state index contributed by atoms with van der Waals surface area (Å²) in [6, 6.07) is 1.07. The first kappa shape index (κ1) is 31.6. The number of nitrogens with zero attached hydrogens (tertiary/aromatic N) is 5. The molecule has 4 heterocycles. The minimum atomic E-state index is -4.29. The molecule has 1 spiro atoms. The minimum absolute atomic E-state index is 0.0193. The molecule has 2 aliphatic heterocycles. The number of fused-ring (bicyclic) bond motifs is 2. The molecule has 2 aromatic rings. The molecule has 4 atom stereocenters. The Bertz CT molecular complexity index is 1470. The Morgan fingerprint density at radius 1 is 1.20 bits per heavy atom. The van der Waals surface area contributed by atoms with Crippen molar-refractivity contribution < 1.29 is 32.3 Å². The van der Waals surface area contributed by atoms with E-state index in [4.69, 9.17) is 10.5 Å². The highest BCUT2D eigenvalue weighted by Gasteiger charge is 2.52. The van der Waals surface area contributed by atoms with Crippen molar-refractivity contribution in [1.82, 2.24) is 25.1 Å². The fourth-order valence-corrected chi connectivity index (χ4v) is 8.75. The van der Waals surface area contributed by atoms with Crippen molar-refractivity contribution in [1.29, 1.82) is 0 Å². The van der Waals surface area contributed by atoms with Gasteiger partial charge in [0.05, 0.1) is 23.9 Å². The number of amides is 4. The smallest absolute Gasteiger partial charge is 0.410 e. The molecule has 11 nitrogen and oxygen atoms in total. The number of nitrogens with one attached hydrogen (secondary N) is 1. The summed E-state index contributed by atoms with van der Waals surface area (Å²) in [7, 11) is 0. The summed E-state index contributed by atoms with van der Waals surface area (Å²) in [5.74, 6) is 0.267. The molecule has 4 amide bonds. The lowest BCUT2D eigenvalue weighted by molar-refractivity contribution is -0.126. The topological polar surface area (TPSA) is 134 Å². The Balaban J connectivity index is 1.13. The van der Waals surface area contributed by atoms with Gasteiger partial charge in [0, 0.05) is 36.0 Å². The number of aromatic nitrogens is 2. The average molecular weight is 652 g/mol. The number of anilines is 1. The highest BCUT2D eigenvalue weighted by molar-refractivity contribution is 7.18. The lowest BCUT2D eigenvalue weighted by Crippen LogP contribution is -2.56. The number of primary amides is 1. The van der Waals surface area contributed by atoms with E-state index >= 15 is 0 Å². The summed E-state index contributed by atoms with van der Waals surface area (Å²) in [4.78, 5) is 52.5. The van der Waals surface area contributed by atoms with Crippen LogP contribution in [0, 0.1) is 11.3 Å². The van der Waals surface area contributed by atoms with Gasteiger partial charge in [-0.2, -0.15) is 13.2 Å². The highest BCUT2D eigenvalue weighted by Crippen LogP contribution is 2.50. The summed E-state index contributed by atoms with van der Waals surface area (Å²) in [5.41, 5.74) is 4.68. The average Bonchev–Trinajstić information content (AvgIpc) is 3.59. The second-order valence-corrected chi connectivity index (χ2v) is 15.3. The van der Waals surface area contributed by atoms with Crippen LogP contribution in [0.15, 0.2) is 12.4 Å². The van der Waals surface area contributed by atoms with Crippen LogP contribution in [0.4, 0.5) is 28.6 Å². The third-order valence-corrected chi connectivity index (χ3v) is 10.5. The number of hydrogen-bond donors (Lipinski definition) is 2.